The first-order valence-corrected chi connectivity index (χ1v) is 5.27. The lowest BCUT2D eigenvalue weighted by Gasteiger charge is -1.92. The van der Waals surface area contributed by atoms with Crippen molar-refractivity contribution < 1.29 is 9.21 Å². The van der Waals surface area contributed by atoms with Gasteiger partial charge in [0.1, 0.15) is 5.76 Å². The molecule has 0 radical (unpaired) electrons. The van der Waals surface area contributed by atoms with Gasteiger partial charge in [0.25, 0.3) is 0 Å². The summed E-state index contributed by atoms with van der Waals surface area (Å²) in [6.07, 6.45) is 3.39. The van der Waals surface area contributed by atoms with Crippen LogP contribution < -0.4 is 0 Å². The van der Waals surface area contributed by atoms with E-state index in [9.17, 15) is 4.79 Å². The van der Waals surface area contributed by atoms with Crippen LogP contribution in [0.15, 0.2) is 22.8 Å². The summed E-state index contributed by atoms with van der Waals surface area (Å²) >= 11 is 2.49. The molecular weight excluding hydrogens is 180 g/mol. The van der Waals surface area contributed by atoms with E-state index in [0.29, 0.717) is 5.75 Å². The average Bonchev–Trinajstić information content (AvgIpc) is 2.52. The summed E-state index contributed by atoms with van der Waals surface area (Å²) < 4.78 is 5.17. The molecule has 0 unspecified atom stereocenters. The van der Waals surface area contributed by atoms with E-state index in [0.717, 1.165) is 5.76 Å². The van der Waals surface area contributed by atoms with Gasteiger partial charge in [-0.1, -0.05) is 23.5 Å². The summed E-state index contributed by atoms with van der Waals surface area (Å²) in [7, 11) is 0. The van der Waals surface area contributed by atoms with Gasteiger partial charge < -0.3 is 4.42 Å². The Bertz CT molecular complexity index is 218. The highest BCUT2D eigenvalue weighted by atomic mass is 32.2. The monoisotopic (exact) mass is 188 g/mol. The van der Waals surface area contributed by atoms with Crippen LogP contribution in [-0.2, 0) is 5.75 Å². The van der Waals surface area contributed by atoms with Crippen LogP contribution in [0, 0.1) is 0 Å². The molecule has 0 spiro atoms. The van der Waals surface area contributed by atoms with Crippen LogP contribution in [0.2, 0.25) is 0 Å². The van der Waals surface area contributed by atoms with Crippen molar-refractivity contribution in [3.63, 3.8) is 0 Å². The normalized spacial score (nSPS) is 9.91. The lowest BCUT2D eigenvalue weighted by molar-refractivity contribution is 0.276. The first-order valence-electron chi connectivity index (χ1n) is 3.06. The Morgan fingerprint density at radius 2 is 2.55 bits per heavy atom. The molecule has 2 nitrogen and oxygen atoms in total. The molecule has 0 aliphatic heterocycles. The number of hydrogen-bond donors (Lipinski definition) is 0. The van der Waals surface area contributed by atoms with Crippen molar-refractivity contribution in [2.75, 3.05) is 6.26 Å². The predicted octanol–water partition coefficient (Wildman–Crippen LogP) is 3.00. The second-order valence-electron chi connectivity index (χ2n) is 1.82. The van der Waals surface area contributed by atoms with Crippen LogP contribution in [0.4, 0.5) is 4.79 Å². The molecule has 0 bridgehead atoms. The third-order valence-corrected chi connectivity index (χ3v) is 2.93. The molecule has 0 aromatic carbocycles. The second kappa shape index (κ2) is 4.51. The number of carbonyl (C=O) groups is 1. The van der Waals surface area contributed by atoms with Gasteiger partial charge in [-0.25, -0.2) is 0 Å². The molecule has 0 saturated heterocycles. The van der Waals surface area contributed by atoms with Crippen molar-refractivity contribution in [2.45, 2.75) is 5.75 Å². The number of hydrogen-bond acceptors (Lipinski definition) is 4. The van der Waals surface area contributed by atoms with Gasteiger partial charge in [0.15, 0.2) is 0 Å². The van der Waals surface area contributed by atoms with Crippen molar-refractivity contribution in [3.8, 4) is 0 Å². The first-order chi connectivity index (χ1) is 5.33. The molecule has 0 amide bonds. The molecule has 0 atom stereocenters. The SMILES string of the molecule is CSC(=O)SCc1ccco1. The fourth-order valence-electron chi connectivity index (χ4n) is 0.584. The van der Waals surface area contributed by atoms with E-state index in [1.165, 1.54) is 23.5 Å². The fraction of sp³-hybridized carbons (Fsp3) is 0.286. The molecule has 0 aliphatic rings. The Labute approximate surface area is 73.7 Å². The van der Waals surface area contributed by atoms with E-state index in [-0.39, 0.29) is 4.45 Å². The van der Waals surface area contributed by atoms with Crippen LogP contribution in [0.25, 0.3) is 0 Å². The van der Waals surface area contributed by atoms with Gasteiger partial charge in [-0.15, -0.1) is 0 Å². The van der Waals surface area contributed by atoms with Crippen LogP contribution in [0.1, 0.15) is 5.76 Å². The molecule has 11 heavy (non-hydrogen) atoms. The van der Waals surface area contributed by atoms with Crippen LogP contribution >= 0.6 is 23.5 Å². The largest absolute Gasteiger partial charge is 0.468 e. The van der Waals surface area contributed by atoms with E-state index >= 15 is 0 Å². The molecule has 0 fully saturated rings. The van der Waals surface area contributed by atoms with Crippen molar-refractivity contribution in [3.05, 3.63) is 24.2 Å². The molecule has 1 aromatic rings. The zero-order valence-electron chi connectivity index (χ0n) is 6.07. The number of furan rings is 1. The zero-order valence-corrected chi connectivity index (χ0v) is 7.71. The zero-order chi connectivity index (χ0) is 8.10. The molecule has 4 heteroatoms. The minimum absolute atomic E-state index is 0.126. The Morgan fingerprint density at radius 1 is 1.73 bits per heavy atom. The smallest absolute Gasteiger partial charge is 0.246 e. The van der Waals surface area contributed by atoms with Gasteiger partial charge in [-0.05, 0) is 18.4 Å². The first kappa shape index (κ1) is 8.74. The summed E-state index contributed by atoms with van der Waals surface area (Å²) in [6, 6.07) is 3.68. The molecule has 60 valence electrons. The predicted molar refractivity (Wildman–Crippen MR) is 48.9 cm³/mol. The highest BCUT2D eigenvalue weighted by Gasteiger charge is 2.01. The van der Waals surface area contributed by atoms with Crippen molar-refractivity contribution >= 4 is 28.0 Å². The third-order valence-electron chi connectivity index (χ3n) is 1.08. The van der Waals surface area contributed by atoms with Gasteiger partial charge in [0.2, 0.25) is 4.45 Å². The molecular formula is C7H8O2S2. The Kier molecular flexibility index (Phi) is 3.59. The van der Waals surface area contributed by atoms with Gasteiger partial charge in [0, 0.05) is 0 Å². The van der Waals surface area contributed by atoms with E-state index < -0.39 is 0 Å². The summed E-state index contributed by atoms with van der Waals surface area (Å²) in [6.45, 7) is 0. The number of rotatable bonds is 2. The van der Waals surface area contributed by atoms with E-state index in [4.69, 9.17) is 4.42 Å². The standard InChI is InChI=1S/C7H8O2S2/c1-10-7(8)11-5-6-3-2-4-9-6/h2-4H,5H2,1H3. The van der Waals surface area contributed by atoms with Crippen LogP contribution in [0.3, 0.4) is 0 Å². The number of thioether (sulfide) groups is 2. The fourth-order valence-corrected chi connectivity index (χ4v) is 1.66. The van der Waals surface area contributed by atoms with Crippen LogP contribution in [-0.4, -0.2) is 10.7 Å². The van der Waals surface area contributed by atoms with E-state index in [2.05, 4.69) is 0 Å². The molecule has 0 aliphatic carbocycles. The number of carbonyl (C=O) groups excluding carboxylic acids is 1. The quantitative estimate of drug-likeness (QED) is 0.713. The molecule has 0 N–H and O–H groups in total. The van der Waals surface area contributed by atoms with Crippen molar-refractivity contribution in [1.82, 2.24) is 0 Å². The summed E-state index contributed by atoms with van der Waals surface area (Å²) in [5.41, 5.74) is 0. The van der Waals surface area contributed by atoms with Gasteiger partial charge >= 0.3 is 0 Å². The van der Waals surface area contributed by atoms with Gasteiger partial charge in [-0.3, -0.25) is 4.79 Å². The summed E-state index contributed by atoms with van der Waals surface area (Å²) in [5.74, 6) is 1.48. The Hall–Kier alpha value is -0.350. The minimum atomic E-state index is 0.126. The summed E-state index contributed by atoms with van der Waals surface area (Å²) in [4.78, 5) is 10.8. The molecule has 0 saturated carbocycles. The molecule has 1 heterocycles. The van der Waals surface area contributed by atoms with E-state index in [1.54, 1.807) is 12.5 Å². The van der Waals surface area contributed by atoms with Gasteiger partial charge in [0.05, 0.1) is 12.0 Å². The van der Waals surface area contributed by atoms with Crippen molar-refractivity contribution in [2.24, 2.45) is 0 Å². The highest BCUT2D eigenvalue weighted by Crippen LogP contribution is 2.19. The maximum absolute atomic E-state index is 10.8. The molecule has 1 aromatic heterocycles. The van der Waals surface area contributed by atoms with Gasteiger partial charge in [-0.2, -0.15) is 0 Å². The third kappa shape index (κ3) is 3.03. The average molecular weight is 188 g/mol. The lowest BCUT2D eigenvalue weighted by atomic mass is 10.5. The maximum atomic E-state index is 10.8. The molecule has 1 rings (SSSR count). The van der Waals surface area contributed by atoms with E-state index in [1.807, 2.05) is 12.1 Å². The maximum Gasteiger partial charge on any atom is 0.246 e. The van der Waals surface area contributed by atoms with Crippen molar-refractivity contribution in [1.29, 1.82) is 0 Å². The Morgan fingerprint density at radius 3 is 3.09 bits per heavy atom. The van der Waals surface area contributed by atoms with Crippen LogP contribution in [0.5, 0.6) is 0 Å². The second-order valence-corrected chi connectivity index (χ2v) is 3.81. The Balaban J connectivity index is 2.29. The lowest BCUT2D eigenvalue weighted by Crippen LogP contribution is -1.80. The summed E-state index contributed by atoms with van der Waals surface area (Å²) in [5, 5.41) is 0. The highest BCUT2D eigenvalue weighted by molar-refractivity contribution is 8.38. The topological polar surface area (TPSA) is 30.2 Å². The minimum Gasteiger partial charge on any atom is -0.468 e.